The lowest BCUT2D eigenvalue weighted by Gasteiger charge is -2.28. The number of nitrogens with one attached hydrogen (secondary N) is 1. The first-order valence-corrected chi connectivity index (χ1v) is 11.9. The lowest BCUT2D eigenvalue weighted by Crippen LogP contribution is -2.33. The first-order chi connectivity index (χ1) is 14.7. The molecule has 0 radical (unpaired) electrons. The highest BCUT2D eigenvalue weighted by Crippen LogP contribution is 2.39. The summed E-state index contributed by atoms with van der Waals surface area (Å²) in [7, 11) is -4.37. The van der Waals surface area contributed by atoms with Crippen LogP contribution in [0.2, 0.25) is 5.15 Å². The third-order valence-electron chi connectivity index (χ3n) is 5.54. The van der Waals surface area contributed by atoms with Crippen molar-refractivity contribution in [1.29, 1.82) is 5.26 Å². The fourth-order valence-corrected chi connectivity index (χ4v) is 4.30. The molecule has 0 amide bonds. The van der Waals surface area contributed by atoms with E-state index in [9.17, 15) is 20.0 Å². The molecule has 2 aromatic rings. The Kier molecular flexibility index (Phi) is 6.27. The van der Waals surface area contributed by atoms with Crippen molar-refractivity contribution in [3.63, 3.8) is 0 Å². The SMILES string of the molecule is N#Cc1c(Cl)nc2c(ccn2[C@@H]2O[C@H](COCP(=O)(O)O)[C@@H](O)[C@H]2O)c1NC1CCC1. The molecule has 2 aliphatic rings. The molecule has 1 saturated carbocycles. The van der Waals surface area contributed by atoms with Gasteiger partial charge in [-0.25, -0.2) is 4.98 Å². The summed E-state index contributed by atoms with van der Waals surface area (Å²) in [5.74, 6) is 0. The Labute approximate surface area is 182 Å². The van der Waals surface area contributed by atoms with E-state index < -0.39 is 38.5 Å². The average molecular weight is 473 g/mol. The molecule has 3 heterocycles. The van der Waals surface area contributed by atoms with E-state index in [1.807, 2.05) is 0 Å². The molecule has 1 aliphatic carbocycles. The van der Waals surface area contributed by atoms with E-state index in [0.29, 0.717) is 16.7 Å². The van der Waals surface area contributed by atoms with Crippen molar-refractivity contribution < 1.29 is 34.0 Å². The van der Waals surface area contributed by atoms with Crippen LogP contribution in [0.15, 0.2) is 12.3 Å². The molecule has 31 heavy (non-hydrogen) atoms. The van der Waals surface area contributed by atoms with Crippen LogP contribution < -0.4 is 5.32 Å². The maximum Gasteiger partial charge on any atom is 0.350 e. The maximum atomic E-state index is 10.9. The van der Waals surface area contributed by atoms with E-state index in [0.717, 1.165) is 19.3 Å². The van der Waals surface area contributed by atoms with Crippen LogP contribution in [-0.4, -0.2) is 66.9 Å². The summed E-state index contributed by atoms with van der Waals surface area (Å²) in [6, 6.07) is 4.04. The van der Waals surface area contributed by atoms with Crippen LogP contribution in [0.4, 0.5) is 5.69 Å². The van der Waals surface area contributed by atoms with Crippen LogP contribution in [0.1, 0.15) is 31.1 Å². The molecule has 0 unspecified atom stereocenters. The van der Waals surface area contributed by atoms with E-state index in [-0.39, 0.29) is 23.4 Å². The molecule has 1 saturated heterocycles. The Morgan fingerprint density at radius 2 is 2.13 bits per heavy atom. The van der Waals surface area contributed by atoms with E-state index >= 15 is 0 Å². The molecule has 4 atom stereocenters. The van der Waals surface area contributed by atoms with Gasteiger partial charge in [0.2, 0.25) is 0 Å². The van der Waals surface area contributed by atoms with Crippen LogP contribution in [0.25, 0.3) is 11.0 Å². The number of hydrogen-bond acceptors (Lipinski definition) is 8. The quantitative estimate of drug-likeness (QED) is 0.292. The third kappa shape index (κ3) is 4.44. The summed E-state index contributed by atoms with van der Waals surface area (Å²) >= 11 is 6.26. The number of aromatic nitrogens is 2. The zero-order valence-corrected chi connectivity index (χ0v) is 17.9. The maximum absolute atomic E-state index is 10.9. The molecule has 13 heteroatoms. The Balaban J connectivity index is 1.62. The zero-order valence-electron chi connectivity index (χ0n) is 16.3. The highest BCUT2D eigenvalue weighted by atomic mass is 35.5. The Morgan fingerprint density at radius 3 is 2.74 bits per heavy atom. The minimum absolute atomic E-state index is 0.00587. The Bertz CT molecular complexity index is 1060. The van der Waals surface area contributed by atoms with Crippen LogP contribution in [-0.2, 0) is 14.0 Å². The largest absolute Gasteiger partial charge is 0.387 e. The minimum Gasteiger partial charge on any atom is -0.387 e. The standard InChI is InChI=1S/C18H22ClN4O7P/c19-16-11(6-20)13(21-9-2-1-3-9)10-4-5-23(17(10)22-16)18-15(25)14(24)12(30-18)7-29-8-31(26,27)28/h4-5,9,12,14-15,18,24-25H,1-3,7-8H2,(H,21,22)(H2,26,27,28)/t12-,14-,15-,18-/m1/s1. The highest BCUT2D eigenvalue weighted by Gasteiger charge is 2.44. The molecule has 2 fully saturated rings. The van der Waals surface area contributed by atoms with Gasteiger partial charge < -0.3 is 39.4 Å². The molecule has 5 N–H and O–H groups in total. The molecule has 0 spiro atoms. The summed E-state index contributed by atoms with van der Waals surface area (Å²) in [6.45, 7) is -0.319. The van der Waals surface area contributed by atoms with Crippen LogP contribution in [0.3, 0.4) is 0 Å². The first kappa shape index (κ1) is 22.5. The molecular weight excluding hydrogens is 451 g/mol. The van der Waals surface area contributed by atoms with Crippen LogP contribution in [0, 0.1) is 11.3 Å². The minimum atomic E-state index is -4.37. The number of ether oxygens (including phenoxy) is 2. The van der Waals surface area contributed by atoms with Gasteiger partial charge in [0.25, 0.3) is 0 Å². The lowest BCUT2D eigenvalue weighted by molar-refractivity contribution is -0.0610. The van der Waals surface area contributed by atoms with Crippen molar-refractivity contribution >= 4 is 35.9 Å². The van der Waals surface area contributed by atoms with Crippen molar-refractivity contribution in [3.05, 3.63) is 23.0 Å². The molecule has 11 nitrogen and oxygen atoms in total. The Morgan fingerprint density at radius 1 is 1.39 bits per heavy atom. The highest BCUT2D eigenvalue weighted by molar-refractivity contribution is 7.51. The van der Waals surface area contributed by atoms with Gasteiger partial charge in [0.15, 0.2) is 11.4 Å². The second-order valence-electron chi connectivity index (χ2n) is 7.71. The number of nitriles is 1. The van der Waals surface area contributed by atoms with Crippen molar-refractivity contribution in [2.75, 3.05) is 18.3 Å². The number of aliphatic hydroxyl groups excluding tert-OH is 2. The fraction of sp³-hybridized carbons (Fsp3) is 0.556. The molecule has 0 bridgehead atoms. The van der Waals surface area contributed by atoms with E-state index in [2.05, 4.69) is 16.4 Å². The van der Waals surface area contributed by atoms with Gasteiger partial charge in [0.05, 0.1) is 12.3 Å². The van der Waals surface area contributed by atoms with Crippen LogP contribution >= 0.6 is 19.2 Å². The summed E-state index contributed by atoms with van der Waals surface area (Å²) < 4.78 is 23.1. The predicted octanol–water partition coefficient (Wildman–Crippen LogP) is 1.30. The van der Waals surface area contributed by atoms with Gasteiger partial charge in [-0.05, 0) is 25.3 Å². The smallest absolute Gasteiger partial charge is 0.350 e. The number of pyridine rings is 1. The number of fused-ring (bicyclic) bond motifs is 1. The molecule has 2 aromatic heterocycles. The normalized spacial score (nSPS) is 26.7. The van der Waals surface area contributed by atoms with Gasteiger partial charge >= 0.3 is 7.60 Å². The van der Waals surface area contributed by atoms with Gasteiger partial charge in [-0.1, -0.05) is 11.6 Å². The second kappa shape index (κ2) is 8.65. The third-order valence-corrected chi connectivity index (χ3v) is 6.33. The van der Waals surface area contributed by atoms with E-state index in [4.69, 9.17) is 30.9 Å². The molecule has 168 valence electrons. The molecule has 4 rings (SSSR count). The van der Waals surface area contributed by atoms with E-state index in [1.54, 1.807) is 12.3 Å². The number of nitrogens with zero attached hydrogens (tertiary/aromatic N) is 3. The fourth-order valence-electron chi connectivity index (χ4n) is 3.74. The van der Waals surface area contributed by atoms with Gasteiger partial charge in [0.1, 0.15) is 41.9 Å². The van der Waals surface area contributed by atoms with Crippen molar-refractivity contribution in [3.8, 4) is 6.07 Å². The van der Waals surface area contributed by atoms with Crippen molar-refractivity contribution in [2.24, 2.45) is 0 Å². The summed E-state index contributed by atoms with van der Waals surface area (Å²) in [6.07, 6.45) is -0.875. The number of aliphatic hydroxyl groups is 2. The van der Waals surface area contributed by atoms with Gasteiger partial charge in [-0.3, -0.25) is 4.57 Å². The summed E-state index contributed by atoms with van der Waals surface area (Å²) in [4.78, 5) is 22.1. The van der Waals surface area contributed by atoms with Crippen LogP contribution in [0.5, 0.6) is 0 Å². The van der Waals surface area contributed by atoms with Crippen molar-refractivity contribution in [1.82, 2.24) is 9.55 Å². The van der Waals surface area contributed by atoms with E-state index in [1.165, 1.54) is 4.57 Å². The lowest BCUT2D eigenvalue weighted by atomic mass is 9.92. The summed E-state index contributed by atoms with van der Waals surface area (Å²) in [5.41, 5.74) is 1.16. The van der Waals surface area contributed by atoms with Crippen molar-refractivity contribution in [2.45, 2.75) is 49.8 Å². The second-order valence-corrected chi connectivity index (χ2v) is 9.65. The topological polar surface area (TPSA) is 170 Å². The molecule has 1 aliphatic heterocycles. The molecule has 0 aromatic carbocycles. The zero-order chi connectivity index (χ0) is 22.3. The monoisotopic (exact) mass is 472 g/mol. The number of anilines is 1. The summed E-state index contributed by atoms with van der Waals surface area (Å²) in [5, 5.41) is 34.4. The molecular formula is C18H22ClN4O7P. The van der Waals surface area contributed by atoms with Gasteiger partial charge in [-0.15, -0.1) is 0 Å². The Hall–Kier alpha value is -1.74. The first-order valence-electron chi connectivity index (χ1n) is 9.70. The number of hydrogen-bond donors (Lipinski definition) is 5. The predicted molar refractivity (Wildman–Crippen MR) is 110 cm³/mol. The van der Waals surface area contributed by atoms with Gasteiger partial charge in [-0.2, -0.15) is 5.26 Å². The number of rotatable bonds is 7. The van der Waals surface area contributed by atoms with Gasteiger partial charge in [0, 0.05) is 17.6 Å². The number of halogens is 1. The average Bonchev–Trinajstić information content (AvgIpc) is 3.19.